The molecule has 0 bridgehead atoms. The van der Waals surface area contributed by atoms with Crippen LogP contribution in [0.1, 0.15) is 45.5 Å². The highest BCUT2D eigenvalue weighted by Gasteiger charge is 2.30. The molecule has 1 aromatic heterocycles. The van der Waals surface area contributed by atoms with E-state index in [9.17, 15) is 13.2 Å². The van der Waals surface area contributed by atoms with Crippen molar-refractivity contribution in [2.75, 3.05) is 0 Å². The Morgan fingerprint density at radius 2 is 1.86 bits per heavy atom. The van der Waals surface area contributed by atoms with Gasteiger partial charge in [0, 0.05) is 6.42 Å². The molecule has 0 spiro atoms. The lowest BCUT2D eigenvalue weighted by Crippen LogP contribution is -2.13. The molecule has 0 radical (unpaired) electrons. The minimum absolute atomic E-state index is 0.231. The van der Waals surface area contributed by atoms with E-state index in [2.05, 4.69) is 37.7 Å². The van der Waals surface area contributed by atoms with Gasteiger partial charge in [-0.3, -0.25) is 0 Å². The Kier molecular flexibility index (Phi) is 4.04. The van der Waals surface area contributed by atoms with Crippen LogP contribution >= 0.6 is 0 Å². The van der Waals surface area contributed by atoms with Gasteiger partial charge in [0.2, 0.25) is 0 Å². The van der Waals surface area contributed by atoms with E-state index in [1.54, 1.807) is 0 Å². The number of aromatic amines is 1. The minimum Gasteiger partial charge on any atom is -0.342 e. The number of imidazole rings is 1. The van der Waals surface area contributed by atoms with Gasteiger partial charge >= 0.3 is 6.18 Å². The lowest BCUT2D eigenvalue weighted by Gasteiger charge is -2.22. The predicted molar refractivity (Wildman–Crippen MR) is 78.0 cm³/mol. The van der Waals surface area contributed by atoms with Crippen molar-refractivity contribution in [3.05, 3.63) is 29.6 Å². The Hall–Kier alpha value is -1.52. The van der Waals surface area contributed by atoms with E-state index in [0.29, 0.717) is 17.0 Å². The zero-order valence-corrected chi connectivity index (χ0v) is 12.8. The van der Waals surface area contributed by atoms with E-state index in [-0.39, 0.29) is 5.41 Å². The summed E-state index contributed by atoms with van der Waals surface area (Å²) in [5.41, 5.74) is 0.617. The molecule has 0 amide bonds. The number of halogens is 3. The quantitative estimate of drug-likeness (QED) is 0.829. The van der Waals surface area contributed by atoms with Crippen molar-refractivity contribution in [3.8, 4) is 0 Å². The fourth-order valence-electron chi connectivity index (χ4n) is 2.78. The van der Waals surface area contributed by atoms with Crippen LogP contribution in [0, 0.1) is 11.3 Å². The summed E-state index contributed by atoms with van der Waals surface area (Å²) in [6, 6.07) is 3.62. The van der Waals surface area contributed by atoms with Gasteiger partial charge in [0.25, 0.3) is 0 Å². The van der Waals surface area contributed by atoms with E-state index >= 15 is 0 Å². The summed E-state index contributed by atoms with van der Waals surface area (Å²) >= 11 is 0. The molecule has 5 heteroatoms. The summed E-state index contributed by atoms with van der Waals surface area (Å²) in [6.45, 7) is 8.67. The molecule has 0 saturated heterocycles. The lowest BCUT2D eigenvalue weighted by atomic mass is 9.84. The molecule has 2 aromatic rings. The number of nitrogens with one attached hydrogen (secondary N) is 1. The van der Waals surface area contributed by atoms with Gasteiger partial charge in [-0.1, -0.05) is 27.7 Å². The first-order chi connectivity index (χ1) is 9.54. The summed E-state index contributed by atoms with van der Waals surface area (Å²) in [4.78, 5) is 7.40. The summed E-state index contributed by atoms with van der Waals surface area (Å²) in [5, 5.41) is 0. The number of fused-ring (bicyclic) bond motifs is 1. The fourth-order valence-corrected chi connectivity index (χ4v) is 2.78. The molecule has 0 fully saturated rings. The van der Waals surface area contributed by atoms with Gasteiger partial charge < -0.3 is 4.98 Å². The minimum atomic E-state index is -4.32. The highest BCUT2D eigenvalue weighted by molar-refractivity contribution is 5.76. The van der Waals surface area contributed by atoms with Crippen molar-refractivity contribution in [2.24, 2.45) is 11.3 Å². The first kappa shape index (κ1) is 15.9. The Bertz CT molecular complexity index is 620. The summed E-state index contributed by atoms with van der Waals surface area (Å²) in [5.74, 6) is 1.17. The molecule has 1 atom stereocenters. The first-order valence-electron chi connectivity index (χ1n) is 7.10. The number of alkyl halides is 3. The topological polar surface area (TPSA) is 28.7 Å². The van der Waals surface area contributed by atoms with E-state index in [4.69, 9.17) is 0 Å². The molecule has 116 valence electrons. The van der Waals surface area contributed by atoms with Crippen molar-refractivity contribution in [3.63, 3.8) is 0 Å². The third kappa shape index (κ3) is 4.22. The van der Waals surface area contributed by atoms with Gasteiger partial charge in [-0.15, -0.1) is 0 Å². The molecular formula is C16H21F3N2. The Morgan fingerprint density at radius 3 is 2.43 bits per heavy atom. The van der Waals surface area contributed by atoms with Crippen LogP contribution in [-0.2, 0) is 12.6 Å². The normalized spacial score (nSPS) is 14.6. The second-order valence-corrected chi connectivity index (χ2v) is 6.99. The average molecular weight is 298 g/mol. The maximum Gasteiger partial charge on any atom is 0.416 e. The number of aromatic nitrogens is 2. The van der Waals surface area contributed by atoms with Crippen LogP contribution in [0.15, 0.2) is 18.2 Å². The van der Waals surface area contributed by atoms with Gasteiger partial charge in [0.1, 0.15) is 5.82 Å². The maximum atomic E-state index is 12.7. The third-order valence-corrected chi connectivity index (χ3v) is 3.36. The maximum absolute atomic E-state index is 12.7. The highest BCUT2D eigenvalue weighted by Crippen LogP contribution is 2.31. The van der Waals surface area contributed by atoms with Crippen molar-refractivity contribution in [1.82, 2.24) is 9.97 Å². The van der Waals surface area contributed by atoms with Gasteiger partial charge in [0.15, 0.2) is 0 Å². The number of nitrogens with zero attached hydrogens (tertiary/aromatic N) is 1. The Labute approximate surface area is 122 Å². The van der Waals surface area contributed by atoms with Gasteiger partial charge in [-0.2, -0.15) is 13.2 Å². The third-order valence-electron chi connectivity index (χ3n) is 3.36. The summed E-state index contributed by atoms with van der Waals surface area (Å²) in [7, 11) is 0. The number of hydrogen-bond acceptors (Lipinski definition) is 1. The van der Waals surface area contributed by atoms with Crippen molar-refractivity contribution in [2.45, 2.75) is 46.7 Å². The van der Waals surface area contributed by atoms with Crippen LogP contribution in [0.5, 0.6) is 0 Å². The van der Waals surface area contributed by atoms with Crippen molar-refractivity contribution >= 4 is 11.0 Å². The fraction of sp³-hybridized carbons (Fsp3) is 0.562. The molecule has 2 nitrogen and oxygen atoms in total. The largest absolute Gasteiger partial charge is 0.416 e. The molecule has 0 saturated carbocycles. The van der Waals surface area contributed by atoms with Gasteiger partial charge in [-0.05, 0) is 36.0 Å². The molecule has 21 heavy (non-hydrogen) atoms. The van der Waals surface area contributed by atoms with E-state index in [1.165, 1.54) is 6.07 Å². The molecule has 2 rings (SSSR count). The van der Waals surface area contributed by atoms with Crippen LogP contribution in [-0.4, -0.2) is 9.97 Å². The second-order valence-electron chi connectivity index (χ2n) is 6.99. The van der Waals surface area contributed by atoms with E-state index in [1.807, 2.05) is 0 Å². The molecule has 1 aromatic carbocycles. The molecule has 1 N–H and O–H groups in total. The smallest absolute Gasteiger partial charge is 0.342 e. The Morgan fingerprint density at radius 1 is 1.19 bits per heavy atom. The zero-order chi connectivity index (χ0) is 15.8. The Balaban J connectivity index is 2.19. The van der Waals surface area contributed by atoms with Crippen LogP contribution in [0.2, 0.25) is 0 Å². The van der Waals surface area contributed by atoms with E-state index in [0.717, 1.165) is 30.8 Å². The summed E-state index contributed by atoms with van der Waals surface area (Å²) in [6.07, 6.45) is -2.54. The monoisotopic (exact) mass is 298 g/mol. The second kappa shape index (κ2) is 5.35. The first-order valence-corrected chi connectivity index (χ1v) is 7.10. The van der Waals surface area contributed by atoms with Crippen molar-refractivity contribution < 1.29 is 13.2 Å². The highest BCUT2D eigenvalue weighted by atomic mass is 19.4. The van der Waals surface area contributed by atoms with Crippen LogP contribution in [0.25, 0.3) is 11.0 Å². The number of hydrogen-bond donors (Lipinski definition) is 1. The van der Waals surface area contributed by atoms with E-state index < -0.39 is 11.7 Å². The lowest BCUT2D eigenvalue weighted by molar-refractivity contribution is -0.137. The van der Waals surface area contributed by atoms with Crippen molar-refractivity contribution in [1.29, 1.82) is 0 Å². The zero-order valence-electron chi connectivity index (χ0n) is 12.8. The molecule has 0 aliphatic heterocycles. The number of H-pyrrole nitrogens is 1. The van der Waals surface area contributed by atoms with Gasteiger partial charge in [0.05, 0.1) is 16.6 Å². The predicted octanol–water partition coefficient (Wildman–Crippen LogP) is 5.20. The molecule has 0 aliphatic carbocycles. The van der Waals surface area contributed by atoms with Crippen LogP contribution in [0.4, 0.5) is 13.2 Å². The average Bonchev–Trinajstić information content (AvgIpc) is 2.65. The number of benzene rings is 1. The standard InChI is InChI=1S/C16H21F3N2/c1-10(9-15(2,3)4)7-14-20-12-6-5-11(16(17,18)19)8-13(12)21-14/h5-6,8,10H,7,9H2,1-4H3,(H,20,21). The van der Waals surface area contributed by atoms with Crippen LogP contribution in [0.3, 0.4) is 0 Å². The number of rotatable bonds is 3. The van der Waals surface area contributed by atoms with Crippen LogP contribution < -0.4 is 0 Å². The molecule has 1 unspecified atom stereocenters. The molecule has 1 heterocycles. The summed E-state index contributed by atoms with van der Waals surface area (Å²) < 4.78 is 38.1. The SMILES string of the molecule is CC(Cc1nc2ccc(C(F)(F)F)cc2[nH]1)CC(C)(C)C. The molecule has 0 aliphatic rings. The van der Waals surface area contributed by atoms with Gasteiger partial charge in [-0.25, -0.2) is 4.98 Å². The molecular weight excluding hydrogens is 277 g/mol.